The molecule has 0 amide bonds. The molecule has 0 aliphatic rings. The second-order valence-electron chi connectivity index (χ2n) is 9.93. The summed E-state index contributed by atoms with van der Waals surface area (Å²) < 4.78 is 22.3. The van der Waals surface area contributed by atoms with Gasteiger partial charge in [-0.15, -0.1) is 0 Å². The van der Waals surface area contributed by atoms with Crippen LogP contribution in [0.15, 0.2) is 60.7 Å². The van der Waals surface area contributed by atoms with E-state index >= 15 is 0 Å². The van der Waals surface area contributed by atoms with Crippen molar-refractivity contribution in [1.29, 1.82) is 0 Å². The van der Waals surface area contributed by atoms with Crippen LogP contribution in [0.4, 0.5) is 0 Å². The lowest BCUT2D eigenvalue weighted by atomic mass is 9.77. The molecule has 39 heavy (non-hydrogen) atoms. The summed E-state index contributed by atoms with van der Waals surface area (Å²) in [4.78, 5) is 26.2. The average Bonchev–Trinajstić information content (AvgIpc) is 2.96. The number of esters is 2. The number of rotatable bonds is 22. The van der Waals surface area contributed by atoms with Crippen LogP contribution in [0.1, 0.15) is 89.2 Å². The third-order valence-electron chi connectivity index (χ3n) is 6.84. The van der Waals surface area contributed by atoms with Crippen molar-refractivity contribution >= 4 is 11.9 Å². The first-order valence-electron chi connectivity index (χ1n) is 14.7. The summed E-state index contributed by atoms with van der Waals surface area (Å²) in [5.74, 6) is -0.887. The largest absolute Gasteiger partial charge is 0.465 e. The average molecular weight is 541 g/mol. The Bertz CT molecular complexity index is 823. The molecule has 2 aromatic carbocycles. The van der Waals surface area contributed by atoms with E-state index in [9.17, 15) is 9.59 Å². The van der Waals surface area contributed by atoms with E-state index in [1.54, 1.807) is 13.8 Å². The van der Waals surface area contributed by atoms with E-state index in [1.165, 1.54) is 11.1 Å². The first-order chi connectivity index (χ1) is 19.1. The van der Waals surface area contributed by atoms with Crippen molar-refractivity contribution in [3.63, 3.8) is 0 Å². The molecule has 0 spiro atoms. The highest BCUT2D eigenvalue weighted by molar-refractivity contribution is 6.00. The zero-order valence-corrected chi connectivity index (χ0v) is 24.0. The third-order valence-corrected chi connectivity index (χ3v) is 6.84. The minimum Gasteiger partial charge on any atom is -0.465 e. The summed E-state index contributed by atoms with van der Waals surface area (Å²) in [6.45, 7) is 6.69. The van der Waals surface area contributed by atoms with Crippen molar-refractivity contribution in [3.8, 4) is 0 Å². The van der Waals surface area contributed by atoms with Crippen LogP contribution in [-0.4, -0.2) is 38.4 Å². The second-order valence-corrected chi connectivity index (χ2v) is 9.93. The monoisotopic (exact) mass is 540 g/mol. The number of hydrogen-bond donors (Lipinski definition) is 0. The fourth-order valence-corrected chi connectivity index (χ4v) is 4.65. The van der Waals surface area contributed by atoms with Gasteiger partial charge in [0.05, 0.1) is 26.4 Å². The molecule has 6 heteroatoms. The van der Waals surface area contributed by atoms with Gasteiger partial charge in [-0.05, 0) is 50.7 Å². The van der Waals surface area contributed by atoms with Gasteiger partial charge in [-0.2, -0.15) is 0 Å². The maximum absolute atomic E-state index is 13.1. The van der Waals surface area contributed by atoms with Gasteiger partial charge in [-0.3, -0.25) is 9.59 Å². The summed E-state index contributed by atoms with van der Waals surface area (Å²) >= 11 is 0. The predicted octanol–water partition coefficient (Wildman–Crippen LogP) is 7.43. The highest BCUT2D eigenvalue weighted by Crippen LogP contribution is 2.35. The minimum atomic E-state index is -1.22. The summed E-state index contributed by atoms with van der Waals surface area (Å²) in [5.41, 5.74) is 1.12. The van der Waals surface area contributed by atoms with Crippen LogP contribution in [0.5, 0.6) is 0 Å². The maximum Gasteiger partial charge on any atom is 0.323 e. The molecule has 0 radical (unpaired) electrons. The molecule has 0 aromatic heterocycles. The highest BCUT2D eigenvalue weighted by atomic mass is 16.6. The van der Waals surface area contributed by atoms with Crippen molar-refractivity contribution in [2.24, 2.45) is 5.41 Å². The lowest BCUT2D eigenvalue weighted by molar-refractivity contribution is -0.173. The Morgan fingerprint density at radius 2 is 0.949 bits per heavy atom. The molecule has 2 aromatic rings. The van der Waals surface area contributed by atoms with Gasteiger partial charge in [0.1, 0.15) is 0 Å². The number of carbonyl (C=O) groups excluding carboxylic acids is 2. The summed E-state index contributed by atoms with van der Waals surface area (Å²) in [7, 11) is 0. The van der Waals surface area contributed by atoms with Crippen LogP contribution in [0.3, 0.4) is 0 Å². The Morgan fingerprint density at radius 1 is 0.564 bits per heavy atom. The van der Waals surface area contributed by atoms with Crippen molar-refractivity contribution in [1.82, 2.24) is 0 Å². The molecular weight excluding hydrogens is 492 g/mol. The molecule has 0 aliphatic carbocycles. The normalized spacial score (nSPS) is 11.3. The first-order valence-corrected chi connectivity index (χ1v) is 14.7. The van der Waals surface area contributed by atoms with E-state index in [1.807, 2.05) is 36.4 Å². The van der Waals surface area contributed by atoms with E-state index in [0.717, 1.165) is 51.4 Å². The van der Waals surface area contributed by atoms with Crippen molar-refractivity contribution < 1.29 is 28.5 Å². The summed E-state index contributed by atoms with van der Waals surface area (Å²) in [6, 6.07) is 20.3. The number of hydrogen-bond acceptors (Lipinski definition) is 6. The Hall–Kier alpha value is -2.70. The minimum absolute atomic E-state index is 0.248. The van der Waals surface area contributed by atoms with Crippen LogP contribution < -0.4 is 0 Å². The number of benzene rings is 2. The van der Waals surface area contributed by atoms with Crippen LogP contribution in [0.25, 0.3) is 0 Å². The molecule has 0 heterocycles. The molecule has 0 unspecified atom stereocenters. The standard InChI is InChI=1S/C33H48O6/c1-3-38-31(34)33(32(35)39-4-2,23-15-5-7-17-25-36-27-29-19-11-9-12-20-29)24-16-6-8-18-26-37-28-30-21-13-10-14-22-30/h9-14,19-22H,3-8,15-18,23-28H2,1-2H3. The molecule has 0 saturated heterocycles. The second kappa shape index (κ2) is 20.2. The van der Waals surface area contributed by atoms with Crippen LogP contribution in [0, 0.1) is 5.41 Å². The molecule has 0 fully saturated rings. The van der Waals surface area contributed by atoms with Gasteiger partial charge in [-0.1, -0.05) is 99.2 Å². The highest BCUT2D eigenvalue weighted by Gasteiger charge is 2.47. The third kappa shape index (κ3) is 12.8. The van der Waals surface area contributed by atoms with Crippen molar-refractivity contribution in [2.75, 3.05) is 26.4 Å². The zero-order valence-electron chi connectivity index (χ0n) is 24.0. The maximum atomic E-state index is 13.1. The SMILES string of the molecule is CCOC(=O)C(CCCCCCOCc1ccccc1)(CCCCCCOCc1ccccc1)C(=O)OCC. The van der Waals surface area contributed by atoms with Crippen LogP contribution in [0.2, 0.25) is 0 Å². The Labute approximate surface area is 235 Å². The predicted molar refractivity (Wildman–Crippen MR) is 154 cm³/mol. The Kier molecular flexibility index (Phi) is 16.9. The molecule has 0 saturated carbocycles. The number of ether oxygens (including phenoxy) is 4. The first kappa shape index (κ1) is 32.5. The van der Waals surface area contributed by atoms with E-state index in [2.05, 4.69) is 24.3 Å². The van der Waals surface area contributed by atoms with Crippen LogP contribution >= 0.6 is 0 Å². The summed E-state index contributed by atoms with van der Waals surface area (Å²) in [5, 5.41) is 0. The zero-order chi connectivity index (χ0) is 28.0. The molecule has 0 atom stereocenters. The quantitative estimate of drug-likeness (QED) is 0.0878. The van der Waals surface area contributed by atoms with Gasteiger partial charge in [0.2, 0.25) is 0 Å². The molecule has 0 N–H and O–H groups in total. The topological polar surface area (TPSA) is 71.1 Å². The van der Waals surface area contributed by atoms with Gasteiger partial charge in [-0.25, -0.2) is 0 Å². The summed E-state index contributed by atoms with van der Waals surface area (Å²) in [6.07, 6.45) is 8.16. The molecule has 6 nitrogen and oxygen atoms in total. The fraction of sp³-hybridized carbons (Fsp3) is 0.576. The molecule has 0 bridgehead atoms. The van der Waals surface area contributed by atoms with Gasteiger partial charge < -0.3 is 18.9 Å². The van der Waals surface area contributed by atoms with Gasteiger partial charge in [0.15, 0.2) is 5.41 Å². The van der Waals surface area contributed by atoms with Crippen LogP contribution in [-0.2, 0) is 41.8 Å². The van der Waals surface area contributed by atoms with E-state index in [0.29, 0.717) is 39.3 Å². The fourth-order valence-electron chi connectivity index (χ4n) is 4.65. The van der Waals surface area contributed by atoms with Crippen molar-refractivity contribution in [3.05, 3.63) is 71.8 Å². The lowest BCUT2D eigenvalue weighted by Crippen LogP contribution is -2.42. The smallest absolute Gasteiger partial charge is 0.323 e. The van der Waals surface area contributed by atoms with Gasteiger partial charge >= 0.3 is 11.9 Å². The number of unbranched alkanes of at least 4 members (excludes halogenated alkanes) is 6. The van der Waals surface area contributed by atoms with E-state index in [-0.39, 0.29) is 13.2 Å². The molecular formula is C33H48O6. The van der Waals surface area contributed by atoms with Gasteiger partial charge in [0, 0.05) is 13.2 Å². The number of carbonyl (C=O) groups is 2. The molecule has 0 aliphatic heterocycles. The van der Waals surface area contributed by atoms with E-state index < -0.39 is 17.4 Å². The Morgan fingerprint density at radius 3 is 1.33 bits per heavy atom. The Balaban J connectivity index is 1.74. The molecule has 216 valence electrons. The lowest BCUT2D eigenvalue weighted by Gasteiger charge is -2.29. The van der Waals surface area contributed by atoms with E-state index in [4.69, 9.17) is 18.9 Å². The van der Waals surface area contributed by atoms with Crippen molar-refractivity contribution in [2.45, 2.75) is 91.3 Å². The van der Waals surface area contributed by atoms with Gasteiger partial charge in [0.25, 0.3) is 0 Å². The molecule has 2 rings (SSSR count).